The molecule has 1 amide bonds. The molecule has 156 valence electrons. The molecule has 30 heavy (non-hydrogen) atoms. The zero-order valence-electron chi connectivity index (χ0n) is 16.6. The van der Waals surface area contributed by atoms with Gasteiger partial charge in [-0.05, 0) is 31.0 Å². The smallest absolute Gasteiger partial charge is 0.269 e. The lowest BCUT2D eigenvalue weighted by Crippen LogP contribution is -2.14. The molecule has 10 heteroatoms. The van der Waals surface area contributed by atoms with Crippen molar-refractivity contribution in [3.8, 4) is 11.4 Å². The molecular formula is C20H21N5O3S2. The van der Waals surface area contributed by atoms with Gasteiger partial charge >= 0.3 is 0 Å². The molecule has 1 aromatic carbocycles. The number of aryl methyl sites for hydroxylation is 1. The molecule has 0 aliphatic rings. The van der Waals surface area contributed by atoms with Gasteiger partial charge in [-0.25, -0.2) is 0 Å². The highest BCUT2D eigenvalue weighted by molar-refractivity contribution is 7.99. The molecule has 3 aromatic rings. The Balaban J connectivity index is 1.72. The van der Waals surface area contributed by atoms with Crippen LogP contribution >= 0.6 is 23.1 Å². The molecule has 0 aliphatic heterocycles. The maximum atomic E-state index is 12.3. The summed E-state index contributed by atoms with van der Waals surface area (Å²) in [6.07, 6.45) is 2.68. The summed E-state index contributed by atoms with van der Waals surface area (Å²) >= 11 is 2.97. The average molecular weight is 444 g/mol. The Bertz CT molecular complexity index is 1070. The monoisotopic (exact) mass is 443 g/mol. The fourth-order valence-corrected chi connectivity index (χ4v) is 4.67. The van der Waals surface area contributed by atoms with Gasteiger partial charge in [-0.15, -0.1) is 28.1 Å². The highest BCUT2D eigenvalue weighted by Gasteiger charge is 2.19. The maximum absolute atomic E-state index is 12.3. The first-order chi connectivity index (χ1) is 14.4. The first-order valence-electron chi connectivity index (χ1n) is 9.23. The lowest BCUT2D eigenvalue weighted by Gasteiger charge is -2.09. The third kappa shape index (κ3) is 4.77. The van der Waals surface area contributed by atoms with Gasteiger partial charge in [-0.2, -0.15) is 0 Å². The quantitative estimate of drug-likeness (QED) is 0.222. The number of thiophene rings is 1. The minimum Gasteiger partial charge on any atom is -0.325 e. The van der Waals surface area contributed by atoms with Crippen molar-refractivity contribution in [2.45, 2.75) is 32.0 Å². The van der Waals surface area contributed by atoms with Crippen LogP contribution in [0, 0.1) is 17.0 Å². The minimum absolute atomic E-state index is 0.0254. The summed E-state index contributed by atoms with van der Waals surface area (Å²) in [5, 5.41) is 24.8. The number of carbonyl (C=O) groups is 1. The Morgan fingerprint density at radius 2 is 2.10 bits per heavy atom. The molecule has 8 nitrogen and oxygen atoms in total. The van der Waals surface area contributed by atoms with Crippen molar-refractivity contribution in [1.82, 2.24) is 14.8 Å². The summed E-state index contributed by atoms with van der Waals surface area (Å²) in [6.45, 7) is 8.57. The zero-order valence-corrected chi connectivity index (χ0v) is 18.3. The number of non-ortho nitro benzene ring substituents is 1. The lowest BCUT2D eigenvalue weighted by atomic mass is 10.1. The number of carbonyl (C=O) groups excluding carboxylic acids is 1. The number of allylic oxidation sites excluding steroid dienone is 1. The van der Waals surface area contributed by atoms with E-state index in [-0.39, 0.29) is 17.3 Å². The van der Waals surface area contributed by atoms with Gasteiger partial charge in [-0.1, -0.05) is 24.8 Å². The molecule has 2 heterocycles. The number of aromatic nitrogens is 3. The number of hydrogen-bond acceptors (Lipinski definition) is 7. The molecule has 0 bridgehead atoms. The topological polar surface area (TPSA) is 103 Å². The first kappa shape index (κ1) is 21.7. The molecule has 0 unspecified atom stereocenters. The number of nitro benzene ring substituents is 1. The fraction of sp³-hybridized carbons (Fsp3) is 0.250. The Hall–Kier alpha value is -2.98. The molecule has 2 aromatic heterocycles. The van der Waals surface area contributed by atoms with E-state index in [0.29, 0.717) is 17.4 Å². The van der Waals surface area contributed by atoms with E-state index in [9.17, 15) is 14.9 Å². The van der Waals surface area contributed by atoms with Crippen LogP contribution in [-0.4, -0.2) is 31.3 Å². The average Bonchev–Trinajstić information content (AvgIpc) is 3.29. The SMILES string of the molecule is C=CCn1c(SCC(=O)Nc2ccc([N+](=O)[O-])cc2)nnc1-c1csc(C)c1CC. The second kappa shape index (κ2) is 9.68. The number of nitro groups is 1. The highest BCUT2D eigenvalue weighted by atomic mass is 32.2. The van der Waals surface area contributed by atoms with E-state index < -0.39 is 4.92 Å². The van der Waals surface area contributed by atoms with Crippen LogP contribution in [0.5, 0.6) is 0 Å². The number of anilines is 1. The summed E-state index contributed by atoms with van der Waals surface area (Å²) in [5.74, 6) is 0.675. The second-order valence-corrected chi connectivity index (χ2v) is 8.41. The number of nitrogens with zero attached hydrogens (tertiary/aromatic N) is 4. The molecule has 0 spiro atoms. The predicted molar refractivity (Wildman–Crippen MR) is 120 cm³/mol. The molecule has 1 N–H and O–H groups in total. The van der Waals surface area contributed by atoms with E-state index in [2.05, 4.69) is 41.3 Å². The first-order valence-corrected chi connectivity index (χ1v) is 11.1. The van der Waals surface area contributed by atoms with Crippen molar-refractivity contribution >= 4 is 40.4 Å². The summed E-state index contributed by atoms with van der Waals surface area (Å²) in [7, 11) is 0. The summed E-state index contributed by atoms with van der Waals surface area (Å²) < 4.78 is 1.96. The molecular weight excluding hydrogens is 422 g/mol. The van der Waals surface area contributed by atoms with E-state index >= 15 is 0 Å². The van der Waals surface area contributed by atoms with Crippen molar-refractivity contribution in [2.24, 2.45) is 0 Å². The molecule has 3 rings (SSSR count). The number of thioether (sulfide) groups is 1. The van der Waals surface area contributed by atoms with Crippen LogP contribution in [0.15, 0.2) is 47.5 Å². The normalized spacial score (nSPS) is 10.7. The Morgan fingerprint density at radius 3 is 2.73 bits per heavy atom. The third-order valence-electron chi connectivity index (χ3n) is 4.42. The van der Waals surface area contributed by atoms with E-state index in [0.717, 1.165) is 17.8 Å². The van der Waals surface area contributed by atoms with E-state index in [1.165, 1.54) is 46.5 Å². The third-order valence-corrected chi connectivity index (χ3v) is 6.34. The van der Waals surface area contributed by atoms with Crippen molar-refractivity contribution in [3.05, 3.63) is 62.9 Å². The van der Waals surface area contributed by atoms with Gasteiger partial charge in [0.1, 0.15) is 0 Å². The Morgan fingerprint density at radius 1 is 1.37 bits per heavy atom. The molecule has 0 atom stereocenters. The van der Waals surface area contributed by atoms with Crippen LogP contribution in [0.4, 0.5) is 11.4 Å². The van der Waals surface area contributed by atoms with E-state index in [1.54, 1.807) is 17.4 Å². The van der Waals surface area contributed by atoms with Crippen LogP contribution in [0.2, 0.25) is 0 Å². The number of amides is 1. The van der Waals surface area contributed by atoms with Crippen molar-refractivity contribution < 1.29 is 9.72 Å². The molecule has 0 aliphatic carbocycles. The number of rotatable bonds is 9. The molecule has 0 fully saturated rings. The van der Waals surface area contributed by atoms with Crippen LogP contribution < -0.4 is 5.32 Å². The zero-order chi connectivity index (χ0) is 21.7. The number of nitrogens with one attached hydrogen (secondary N) is 1. The molecule has 0 saturated carbocycles. The van der Waals surface area contributed by atoms with Gasteiger partial charge in [0.25, 0.3) is 5.69 Å². The van der Waals surface area contributed by atoms with Gasteiger partial charge < -0.3 is 5.32 Å². The van der Waals surface area contributed by atoms with Crippen LogP contribution in [-0.2, 0) is 17.8 Å². The summed E-state index contributed by atoms with van der Waals surface area (Å²) in [5.41, 5.74) is 2.80. The number of hydrogen-bond donors (Lipinski definition) is 1. The van der Waals surface area contributed by atoms with Gasteiger partial charge in [0.05, 0.1) is 10.7 Å². The maximum Gasteiger partial charge on any atom is 0.269 e. The van der Waals surface area contributed by atoms with Gasteiger partial charge in [0.2, 0.25) is 5.91 Å². The van der Waals surface area contributed by atoms with Gasteiger partial charge in [-0.3, -0.25) is 19.5 Å². The van der Waals surface area contributed by atoms with Crippen LogP contribution in [0.25, 0.3) is 11.4 Å². The second-order valence-electron chi connectivity index (χ2n) is 6.38. The largest absolute Gasteiger partial charge is 0.325 e. The van der Waals surface area contributed by atoms with Crippen molar-refractivity contribution in [2.75, 3.05) is 11.1 Å². The predicted octanol–water partition coefficient (Wildman–Crippen LogP) is 4.70. The lowest BCUT2D eigenvalue weighted by molar-refractivity contribution is -0.384. The summed E-state index contributed by atoms with van der Waals surface area (Å²) in [6, 6.07) is 5.71. The van der Waals surface area contributed by atoms with Crippen molar-refractivity contribution in [3.63, 3.8) is 0 Å². The molecule has 0 saturated heterocycles. The summed E-state index contributed by atoms with van der Waals surface area (Å²) in [4.78, 5) is 23.8. The number of benzene rings is 1. The Labute approximate surface area is 182 Å². The van der Waals surface area contributed by atoms with Gasteiger partial charge in [0, 0.05) is 40.2 Å². The highest BCUT2D eigenvalue weighted by Crippen LogP contribution is 2.32. The standard InChI is InChI=1S/C20H21N5O3S2/c1-4-10-24-19(17-11-29-13(3)16(17)5-2)22-23-20(24)30-12-18(26)21-14-6-8-15(9-7-14)25(27)28/h4,6-9,11H,1,5,10,12H2,2-3H3,(H,21,26). The van der Waals surface area contributed by atoms with Crippen LogP contribution in [0.3, 0.4) is 0 Å². The van der Waals surface area contributed by atoms with Crippen molar-refractivity contribution in [1.29, 1.82) is 0 Å². The molecule has 0 radical (unpaired) electrons. The van der Waals surface area contributed by atoms with E-state index in [1.807, 2.05) is 4.57 Å². The van der Waals surface area contributed by atoms with E-state index in [4.69, 9.17) is 0 Å². The van der Waals surface area contributed by atoms with Crippen LogP contribution in [0.1, 0.15) is 17.4 Å². The van der Waals surface area contributed by atoms with Gasteiger partial charge in [0.15, 0.2) is 11.0 Å². The fourth-order valence-electron chi connectivity index (χ4n) is 2.99. The Kier molecular flexibility index (Phi) is 7.01. The minimum atomic E-state index is -0.482.